The molecule has 5 heteroatoms. The summed E-state index contributed by atoms with van der Waals surface area (Å²) in [6.45, 7) is 0.354. The molecule has 3 aromatic rings. The van der Waals surface area contributed by atoms with Gasteiger partial charge in [-0.15, -0.1) is 0 Å². The van der Waals surface area contributed by atoms with Crippen molar-refractivity contribution >= 4 is 11.7 Å². The summed E-state index contributed by atoms with van der Waals surface area (Å²) >= 11 is 0. The fourth-order valence-electron chi connectivity index (χ4n) is 6.19. The number of carbonyl (C=O) groups is 1. The second kappa shape index (κ2) is 9.38. The lowest BCUT2D eigenvalue weighted by Crippen LogP contribution is -2.51. The van der Waals surface area contributed by atoms with Crippen molar-refractivity contribution in [2.24, 2.45) is 0 Å². The Bertz CT molecular complexity index is 1260. The fourth-order valence-corrected chi connectivity index (χ4v) is 6.19. The lowest BCUT2D eigenvalue weighted by molar-refractivity contribution is 0.0539. The number of hydrogen-bond donors (Lipinski definition) is 0. The highest BCUT2D eigenvalue weighted by atomic mass is 16.6. The Morgan fingerprint density at radius 3 is 2.14 bits per heavy atom. The van der Waals surface area contributed by atoms with Gasteiger partial charge in [-0.05, 0) is 71.2 Å². The van der Waals surface area contributed by atoms with Crippen LogP contribution in [0.5, 0.6) is 11.5 Å². The van der Waals surface area contributed by atoms with Crippen LogP contribution in [0.1, 0.15) is 48.3 Å². The van der Waals surface area contributed by atoms with Gasteiger partial charge in [0.05, 0.1) is 20.3 Å². The number of piperidine rings is 1. The Morgan fingerprint density at radius 2 is 1.53 bits per heavy atom. The van der Waals surface area contributed by atoms with E-state index in [0.717, 1.165) is 42.7 Å². The zero-order chi connectivity index (χ0) is 24.6. The van der Waals surface area contributed by atoms with E-state index in [1.165, 1.54) is 27.8 Å². The lowest BCUT2D eigenvalue weighted by Gasteiger charge is -2.44. The standard InChI is InChI=1S/C31H31NO4/c1-34-24-16-21(17-25(18-24)35-2)20-14-22-8-7-9-23(15-20)32(22)31(33)36-19-30-28-12-5-3-10-26(28)27-11-4-6-13-29(27)30/h3-6,10-14,16-18,22-23,30H,7-9,15,19H2,1-2H3. The maximum atomic E-state index is 13.5. The second-order valence-corrected chi connectivity index (χ2v) is 9.86. The Balaban J connectivity index is 1.22. The van der Waals surface area contributed by atoms with Gasteiger partial charge in [0.15, 0.2) is 0 Å². The minimum absolute atomic E-state index is 0.0420. The number of fused-ring (bicyclic) bond motifs is 5. The van der Waals surface area contributed by atoms with Gasteiger partial charge in [0.1, 0.15) is 18.1 Å². The maximum Gasteiger partial charge on any atom is 0.410 e. The first-order valence-electron chi connectivity index (χ1n) is 12.7. The van der Waals surface area contributed by atoms with Gasteiger partial charge >= 0.3 is 6.09 Å². The van der Waals surface area contributed by atoms with Gasteiger partial charge in [0.2, 0.25) is 0 Å². The van der Waals surface area contributed by atoms with Gasteiger partial charge in [-0.1, -0.05) is 54.6 Å². The molecule has 2 unspecified atom stereocenters. The number of amides is 1. The fraction of sp³-hybridized carbons (Fsp3) is 0.323. The molecule has 0 N–H and O–H groups in total. The molecule has 5 nitrogen and oxygen atoms in total. The van der Waals surface area contributed by atoms with Gasteiger partial charge in [0, 0.05) is 18.0 Å². The van der Waals surface area contributed by atoms with Crippen molar-refractivity contribution in [3.63, 3.8) is 0 Å². The van der Waals surface area contributed by atoms with Gasteiger partial charge in [-0.3, -0.25) is 4.90 Å². The first kappa shape index (κ1) is 22.7. The highest BCUT2D eigenvalue weighted by molar-refractivity contribution is 5.79. The molecule has 2 heterocycles. The molecule has 36 heavy (non-hydrogen) atoms. The molecule has 1 amide bonds. The highest BCUT2D eigenvalue weighted by Gasteiger charge is 2.39. The van der Waals surface area contributed by atoms with Crippen LogP contribution in [0.3, 0.4) is 0 Å². The van der Waals surface area contributed by atoms with E-state index >= 15 is 0 Å². The molecular formula is C31H31NO4. The summed E-state index contributed by atoms with van der Waals surface area (Å²) in [6.07, 6.45) is 5.89. The SMILES string of the molecule is COc1cc(OC)cc(C2=CC3CCCC(C2)N3C(=O)OCC2c3ccccc3-c3ccccc32)c1. The first-order valence-corrected chi connectivity index (χ1v) is 12.7. The monoisotopic (exact) mass is 481 g/mol. The molecule has 3 aliphatic rings. The van der Waals surface area contributed by atoms with Crippen molar-refractivity contribution in [2.45, 2.75) is 43.7 Å². The summed E-state index contributed by atoms with van der Waals surface area (Å²) in [4.78, 5) is 15.5. The molecule has 2 bridgehead atoms. The molecule has 0 aromatic heterocycles. The lowest BCUT2D eigenvalue weighted by atomic mass is 9.83. The highest BCUT2D eigenvalue weighted by Crippen LogP contribution is 2.45. The normalized spacial score (nSPS) is 20.3. The van der Waals surface area contributed by atoms with E-state index in [9.17, 15) is 4.79 Å². The molecule has 1 aliphatic carbocycles. The largest absolute Gasteiger partial charge is 0.497 e. The summed E-state index contributed by atoms with van der Waals surface area (Å²) in [7, 11) is 3.34. The number of ether oxygens (including phenoxy) is 3. The van der Waals surface area contributed by atoms with Crippen LogP contribution < -0.4 is 9.47 Å². The van der Waals surface area contributed by atoms with Crippen LogP contribution in [0, 0.1) is 0 Å². The predicted octanol–water partition coefficient (Wildman–Crippen LogP) is 6.66. The van der Waals surface area contributed by atoms with Crippen LogP contribution in [-0.2, 0) is 4.74 Å². The van der Waals surface area contributed by atoms with Crippen molar-refractivity contribution in [1.82, 2.24) is 4.90 Å². The van der Waals surface area contributed by atoms with Crippen molar-refractivity contribution in [1.29, 1.82) is 0 Å². The van der Waals surface area contributed by atoms with Crippen LogP contribution in [0.15, 0.2) is 72.8 Å². The minimum atomic E-state index is -0.204. The third-order valence-electron chi connectivity index (χ3n) is 7.91. The number of methoxy groups -OCH3 is 2. The molecular weight excluding hydrogens is 450 g/mol. The van der Waals surface area contributed by atoms with E-state index in [2.05, 4.69) is 54.6 Å². The van der Waals surface area contributed by atoms with Gasteiger partial charge in [-0.25, -0.2) is 4.79 Å². The molecule has 1 fully saturated rings. The van der Waals surface area contributed by atoms with Crippen LogP contribution in [0.2, 0.25) is 0 Å². The molecule has 2 atom stereocenters. The molecule has 2 aliphatic heterocycles. The van der Waals surface area contributed by atoms with E-state index in [0.29, 0.717) is 6.61 Å². The molecule has 6 rings (SSSR count). The quantitative estimate of drug-likeness (QED) is 0.409. The van der Waals surface area contributed by atoms with Gasteiger partial charge in [-0.2, -0.15) is 0 Å². The van der Waals surface area contributed by atoms with E-state index in [1.807, 2.05) is 23.1 Å². The Labute approximate surface area is 212 Å². The molecule has 0 spiro atoms. The summed E-state index contributed by atoms with van der Waals surface area (Å²) in [6, 6.07) is 23.1. The zero-order valence-corrected chi connectivity index (χ0v) is 20.8. The van der Waals surface area contributed by atoms with Gasteiger partial charge < -0.3 is 14.2 Å². The van der Waals surface area contributed by atoms with Crippen LogP contribution in [0.4, 0.5) is 4.79 Å². The number of carbonyl (C=O) groups excluding carboxylic acids is 1. The van der Waals surface area contributed by atoms with Crippen molar-refractivity contribution < 1.29 is 19.0 Å². The molecule has 0 radical (unpaired) electrons. The summed E-state index contributed by atoms with van der Waals surface area (Å²) in [5.41, 5.74) is 7.29. The van der Waals surface area contributed by atoms with Crippen molar-refractivity contribution in [3.8, 4) is 22.6 Å². The predicted molar refractivity (Wildman–Crippen MR) is 140 cm³/mol. The maximum absolute atomic E-state index is 13.5. The number of rotatable bonds is 5. The Hall–Kier alpha value is -3.73. The smallest absolute Gasteiger partial charge is 0.410 e. The Morgan fingerprint density at radius 1 is 0.889 bits per heavy atom. The summed E-state index contributed by atoms with van der Waals surface area (Å²) in [5.74, 6) is 1.62. The Kier molecular flexibility index (Phi) is 5.92. The van der Waals surface area contributed by atoms with Crippen LogP contribution in [0.25, 0.3) is 16.7 Å². The van der Waals surface area contributed by atoms with Crippen molar-refractivity contribution in [3.05, 3.63) is 89.5 Å². The number of nitrogens with zero attached hydrogens (tertiary/aromatic N) is 1. The second-order valence-electron chi connectivity index (χ2n) is 9.86. The van der Waals surface area contributed by atoms with E-state index < -0.39 is 0 Å². The molecule has 184 valence electrons. The molecule has 0 saturated carbocycles. The average molecular weight is 482 g/mol. The third-order valence-corrected chi connectivity index (χ3v) is 7.91. The zero-order valence-electron chi connectivity index (χ0n) is 20.8. The van der Waals surface area contributed by atoms with Crippen molar-refractivity contribution in [2.75, 3.05) is 20.8 Å². The minimum Gasteiger partial charge on any atom is -0.497 e. The van der Waals surface area contributed by atoms with E-state index in [4.69, 9.17) is 14.2 Å². The summed E-state index contributed by atoms with van der Waals surface area (Å²) in [5, 5.41) is 0. The van der Waals surface area contributed by atoms with Crippen LogP contribution in [-0.4, -0.2) is 43.9 Å². The van der Waals surface area contributed by atoms with Crippen LogP contribution >= 0.6 is 0 Å². The van der Waals surface area contributed by atoms with E-state index in [-0.39, 0.29) is 24.1 Å². The topological polar surface area (TPSA) is 48.0 Å². The first-order chi connectivity index (χ1) is 17.7. The molecule has 1 saturated heterocycles. The van der Waals surface area contributed by atoms with Gasteiger partial charge in [0.25, 0.3) is 0 Å². The molecule has 3 aromatic carbocycles. The number of benzene rings is 3. The number of hydrogen-bond acceptors (Lipinski definition) is 4. The average Bonchev–Trinajstić information content (AvgIpc) is 3.24. The third kappa shape index (κ3) is 3.93. The summed E-state index contributed by atoms with van der Waals surface area (Å²) < 4.78 is 17.0. The van der Waals surface area contributed by atoms with E-state index in [1.54, 1.807) is 14.2 Å².